The lowest BCUT2D eigenvalue weighted by molar-refractivity contribution is 0.0216. The molecule has 0 saturated carbocycles. The average molecular weight is 229 g/mol. The Morgan fingerprint density at radius 3 is 2.27 bits per heavy atom. The van der Waals surface area contributed by atoms with Crippen LogP contribution in [0.15, 0.2) is 12.1 Å². The summed E-state index contributed by atoms with van der Waals surface area (Å²) in [5, 5.41) is 0. The van der Waals surface area contributed by atoms with E-state index in [9.17, 15) is 0 Å². The van der Waals surface area contributed by atoms with Crippen molar-refractivity contribution in [2.24, 2.45) is 0 Å². The molecule has 0 radical (unpaired) electrons. The third-order valence-corrected chi connectivity index (χ3v) is 2.47. The molecule has 0 aliphatic heterocycles. The summed E-state index contributed by atoms with van der Waals surface area (Å²) in [5.41, 5.74) is 3.33. The summed E-state index contributed by atoms with van der Waals surface area (Å²) in [4.78, 5) is 0. The molecule has 0 atom stereocenters. The zero-order valence-corrected chi connectivity index (χ0v) is 10.2. The molecule has 0 spiro atoms. The molecule has 0 saturated heterocycles. The first-order valence-electron chi connectivity index (χ1n) is 5.05. The molecule has 15 heavy (non-hydrogen) atoms. The number of alkyl halides is 1. The number of hydrogen-bond donors (Lipinski definition) is 0. The maximum Gasteiger partial charge on any atom is 0.189 e. The van der Waals surface area contributed by atoms with Crippen LogP contribution >= 0.6 is 11.6 Å². The molecule has 0 amide bonds. The van der Waals surface area contributed by atoms with Crippen molar-refractivity contribution in [1.29, 1.82) is 0 Å². The Morgan fingerprint density at radius 1 is 1.20 bits per heavy atom. The topological polar surface area (TPSA) is 18.5 Å². The van der Waals surface area contributed by atoms with E-state index < -0.39 is 0 Å². The van der Waals surface area contributed by atoms with Crippen molar-refractivity contribution >= 4 is 11.6 Å². The van der Waals surface area contributed by atoms with Crippen molar-refractivity contribution in [3.63, 3.8) is 0 Å². The van der Waals surface area contributed by atoms with E-state index in [2.05, 4.69) is 0 Å². The van der Waals surface area contributed by atoms with Crippen molar-refractivity contribution in [3.05, 3.63) is 28.8 Å². The fraction of sp³-hybridized carbons (Fsp3) is 0.500. The lowest BCUT2D eigenvalue weighted by atomic mass is 10.1. The molecule has 0 heterocycles. The van der Waals surface area contributed by atoms with Crippen molar-refractivity contribution in [3.8, 4) is 5.75 Å². The lowest BCUT2D eigenvalue weighted by Crippen LogP contribution is -2.04. The first-order valence-corrected chi connectivity index (χ1v) is 5.59. The summed E-state index contributed by atoms with van der Waals surface area (Å²) in [7, 11) is 0. The summed E-state index contributed by atoms with van der Waals surface area (Å²) >= 11 is 5.78. The smallest absolute Gasteiger partial charge is 0.189 e. The Kier molecular flexibility index (Phi) is 4.92. The summed E-state index contributed by atoms with van der Waals surface area (Å²) < 4.78 is 10.7. The predicted octanol–water partition coefficient (Wildman–Crippen LogP) is 3.42. The van der Waals surface area contributed by atoms with Gasteiger partial charge in [-0.3, -0.25) is 0 Å². The van der Waals surface area contributed by atoms with Gasteiger partial charge in [-0.2, -0.15) is 0 Å². The van der Waals surface area contributed by atoms with Crippen LogP contribution in [-0.4, -0.2) is 13.4 Å². The zero-order chi connectivity index (χ0) is 11.3. The van der Waals surface area contributed by atoms with Gasteiger partial charge in [-0.1, -0.05) is 12.1 Å². The maximum atomic E-state index is 5.78. The van der Waals surface area contributed by atoms with E-state index in [1.807, 2.05) is 32.9 Å². The van der Waals surface area contributed by atoms with E-state index in [0.717, 1.165) is 22.4 Å². The second-order valence-electron chi connectivity index (χ2n) is 3.45. The van der Waals surface area contributed by atoms with Crippen LogP contribution in [0, 0.1) is 13.8 Å². The number of hydrogen-bond acceptors (Lipinski definition) is 2. The number of halogens is 1. The molecule has 1 rings (SSSR count). The number of aryl methyl sites for hydroxylation is 2. The van der Waals surface area contributed by atoms with Crippen LogP contribution in [0.3, 0.4) is 0 Å². The van der Waals surface area contributed by atoms with Gasteiger partial charge in [0.25, 0.3) is 0 Å². The highest BCUT2D eigenvalue weighted by molar-refractivity contribution is 6.17. The molecule has 0 aliphatic rings. The SMILES string of the molecule is CCOCOc1c(C)cc(CCl)cc1C. The Morgan fingerprint density at radius 2 is 1.80 bits per heavy atom. The molecule has 0 fully saturated rings. The Hall–Kier alpha value is -0.730. The van der Waals surface area contributed by atoms with Crippen LogP contribution in [-0.2, 0) is 10.6 Å². The largest absolute Gasteiger partial charge is 0.467 e. The molecular formula is C12H17ClO2. The number of ether oxygens (including phenoxy) is 2. The first kappa shape index (κ1) is 12.3. The van der Waals surface area contributed by atoms with Gasteiger partial charge < -0.3 is 9.47 Å². The average Bonchev–Trinajstić information content (AvgIpc) is 2.22. The van der Waals surface area contributed by atoms with Crippen molar-refractivity contribution in [1.82, 2.24) is 0 Å². The van der Waals surface area contributed by atoms with Crippen LogP contribution in [0.1, 0.15) is 23.6 Å². The monoisotopic (exact) mass is 228 g/mol. The predicted molar refractivity (Wildman–Crippen MR) is 62.6 cm³/mol. The van der Waals surface area contributed by atoms with E-state index in [1.54, 1.807) is 0 Å². The van der Waals surface area contributed by atoms with Crippen molar-refractivity contribution < 1.29 is 9.47 Å². The second-order valence-corrected chi connectivity index (χ2v) is 3.71. The van der Waals surface area contributed by atoms with Gasteiger partial charge in [0.2, 0.25) is 0 Å². The van der Waals surface area contributed by atoms with Gasteiger partial charge in [0.15, 0.2) is 6.79 Å². The third-order valence-electron chi connectivity index (χ3n) is 2.17. The van der Waals surface area contributed by atoms with Crippen LogP contribution in [0.5, 0.6) is 5.75 Å². The molecule has 2 nitrogen and oxygen atoms in total. The van der Waals surface area contributed by atoms with Gasteiger partial charge >= 0.3 is 0 Å². The van der Waals surface area contributed by atoms with Crippen molar-refractivity contribution in [2.75, 3.05) is 13.4 Å². The molecule has 1 aromatic carbocycles. The fourth-order valence-corrected chi connectivity index (χ4v) is 1.68. The van der Waals surface area contributed by atoms with Crippen LogP contribution in [0.25, 0.3) is 0 Å². The lowest BCUT2D eigenvalue weighted by Gasteiger charge is -2.13. The minimum absolute atomic E-state index is 0.304. The third kappa shape index (κ3) is 3.40. The molecule has 0 bridgehead atoms. The van der Waals surface area contributed by atoms with Gasteiger partial charge in [0.1, 0.15) is 5.75 Å². The van der Waals surface area contributed by atoms with Gasteiger partial charge in [0.05, 0.1) is 0 Å². The van der Waals surface area contributed by atoms with E-state index in [-0.39, 0.29) is 0 Å². The number of benzene rings is 1. The quantitative estimate of drug-likeness (QED) is 0.437. The molecule has 0 N–H and O–H groups in total. The van der Waals surface area contributed by atoms with Crippen LogP contribution in [0.4, 0.5) is 0 Å². The maximum absolute atomic E-state index is 5.78. The fourth-order valence-electron chi connectivity index (χ4n) is 1.53. The highest BCUT2D eigenvalue weighted by Gasteiger charge is 2.05. The molecule has 0 aliphatic carbocycles. The molecule has 0 unspecified atom stereocenters. The first-order chi connectivity index (χ1) is 7.19. The number of rotatable bonds is 5. The van der Waals surface area contributed by atoms with E-state index >= 15 is 0 Å². The minimum Gasteiger partial charge on any atom is -0.467 e. The highest BCUT2D eigenvalue weighted by Crippen LogP contribution is 2.25. The molecular weight excluding hydrogens is 212 g/mol. The normalized spacial score (nSPS) is 10.4. The standard InChI is InChI=1S/C12H17ClO2/c1-4-14-8-15-12-9(2)5-11(7-13)6-10(12)3/h5-6H,4,7-8H2,1-3H3. The van der Waals surface area contributed by atoms with E-state index in [0.29, 0.717) is 19.3 Å². The van der Waals surface area contributed by atoms with Crippen molar-refractivity contribution in [2.45, 2.75) is 26.7 Å². The molecule has 84 valence electrons. The molecule has 1 aromatic rings. The Bertz CT molecular complexity index is 300. The van der Waals surface area contributed by atoms with Gasteiger partial charge in [-0.05, 0) is 37.5 Å². The van der Waals surface area contributed by atoms with Crippen LogP contribution in [0.2, 0.25) is 0 Å². The zero-order valence-electron chi connectivity index (χ0n) is 9.47. The summed E-state index contributed by atoms with van der Waals surface area (Å²) in [5.74, 6) is 1.44. The summed E-state index contributed by atoms with van der Waals surface area (Å²) in [6.45, 7) is 6.95. The van der Waals surface area contributed by atoms with Gasteiger partial charge in [0, 0.05) is 12.5 Å². The Labute approximate surface area is 96.2 Å². The van der Waals surface area contributed by atoms with Gasteiger partial charge in [-0.15, -0.1) is 11.6 Å². The Balaban J connectivity index is 2.79. The summed E-state index contributed by atoms with van der Waals surface area (Å²) in [6.07, 6.45) is 0. The van der Waals surface area contributed by atoms with E-state index in [4.69, 9.17) is 21.1 Å². The molecule has 3 heteroatoms. The van der Waals surface area contributed by atoms with E-state index in [1.165, 1.54) is 0 Å². The summed E-state index contributed by atoms with van der Waals surface area (Å²) in [6, 6.07) is 4.09. The highest BCUT2D eigenvalue weighted by atomic mass is 35.5. The minimum atomic E-state index is 0.304. The van der Waals surface area contributed by atoms with Crippen LogP contribution < -0.4 is 4.74 Å². The molecule has 0 aromatic heterocycles. The second kappa shape index (κ2) is 5.99. The van der Waals surface area contributed by atoms with Gasteiger partial charge in [-0.25, -0.2) is 0 Å².